The van der Waals surface area contributed by atoms with Gasteiger partial charge in [0.2, 0.25) is 0 Å². The van der Waals surface area contributed by atoms with Crippen LogP contribution in [-0.4, -0.2) is 27.6 Å². The van der Waals surface area contributed by atoms with Gasteiger partial charge in [0.25, 0.3) is 5.91 Å². The van der Waals surface area contributed by atoms with E-state index in [0.717, 1.165) is 12.6 Å². The highest BCUT2D eigenvalue weighted by molar-refractivity contribution is 6.08. The number of carbonyl (C=O) groups is 1. The summed E-state index contributed by atoms with van der Waals surface area (Å²) in [5.74, 6) is -0.773. The molecule has 7 heteroatoms. The number of nitrogens with two attached hydrogens (primary N) is 1. The van der Waals surface area contributed by atoms with E-state index in [2.05, 4.69) is 20.5 Å². The minimum Gasteiger partial charge on any atom is -0.396 e. The van der Waals surface area contributed by atoms with Gasteiger partial charge in [-0.1, -0.05) is 25.1 Å². The maximum Gasteiger partial charge on any atom is 0.272 e. The van der Waals surface area contributed by atoms with Crippen LogP contribution in [0.15, 0.2) is 30.6 Å². The summed E-state index contributed by atoms with van der Waals surface area (Å²) in [6.45, 7) is 2.51. The molecular formula is C16H16FN5O. The average molecular weight is 313 g/mol. The lowest BCUT2D eigenvalue weighted by atomic mass is 10.0. The number of fused-ring (bicyclic) bond motifs is 1. The van der Waals surface area contributed by atoms with E-state index in [1.165, 1.54) is 6.20 Å². The maximum absolute atomic E-state index is 13.8. The lowest BCUT2D eigenvalue weighted by Gasteiger charge is -2.11. The smallest absolute Gasteiger partial charge is 0.272 e. The number of nitrogen functional groups attached to an aromatic ring is 1. The molecule has 0 aliphatic rings. The van der Waals surface area contributed by atoms with Crippen LogP contribution in [0.25, 0.3) is 22.0 Å². The predicted molar refractivity (Wildman–Crippen MR) is 86.3 cm³/mol. The molecular weight excluding hydrogens is 297 g/mol. The second kappa shape index (κ2) is 6.04. The number of H-pyrrole nitrogens is 1. The van der Waals surface area contributed by atoms with E-state index in [1.54, 1.807) is 18.2 Å². The highest BCUT2D eigenvalue weighted by Gasteiger charge is 2.17. The monoisotopic (exact) mass is 313 g/mol. The van der Waals surface area contributed by atoms with E-state index in [1.807, 2.05) is 6.92 Å². The van der Waals surface area contributed by atoms with Crippen LogP contribution in [0.1, 0.15) is 23.8 Å². The molecule has 1 amide bonds. The van der Waals surface area contributed by atoms with E-state index in [4.69, 9.17) is 5.73 Å². The molecule has 0 atom stereocenters. The summed E-state index contributed by atoms with van der Waals surface area (Å²) in [6.07, 6.45) is 3.46. The lowest BCUT2D eigenvalue weighted by Crippen LogP contribution is -2.26. The summed E-state index contributed by atoms with van der Waals surface area (Å²) in [5.41, 5.74) is 7.42. The molecule has 0 bridgehead atoms. The molecule has 0 saturated carbocycles. The first kappa shape index (κ1) is 15.0. The van der Waals surface area contributed by atoms with Gasteiger partial charge < -0.3 is 11.1 Å². The van der Waals surface area contributed by atoms with Crippen LogP contribution in [0.3, 0.4) is 0 Å². The Morgan fingerprint density at radius 2 is 2.17 bits per heavy atom. The standard InChI is InChI=1S/C16H16FN5O/c1-2-6-19-16(23)15-13(18)9-4-3-5-10(11(9)7-20-15)14-12(17)8-21-22-14/h3-5,7-8H,2,6,18H2,1H3,(H,19,23)(H,21,22). The van der Waals surface area contributed by atoms with Crippen LogP contribution < -0.4 is 11.1 Å². The van der Waals surface area contributed by atoms with Crippen molar-refractivity contribution in [3.05, 3.63) is 42.1 Å². The Labute approximate surface area is 131 Å². The van der Waals surface area contributed by atoms with E-state index >= 15 is 0 Å². The zero-order valence-electron chi connectivity index (χ0n) is 12.6. The molecule has 118 valence electrons. The molecule has 4 N–H and O–H groups in total. The number of hydrogen-bond donors (Lipinski definition) is 3. The zero-order chi connectivity index (χ0) is 16.4. The number of rotatable bonds is 4. The largest absolute Gasteiger partial charge is 0.396 e. The second-order valence-electron chi connectivity index (χ2n) is 5.14. The summed E-state index contributed by atoms with van der Waals surface area (Å²) in [5, 5.41) is 10.4. The molecule has 6 nitrogen and oxygen atoms in total. The molecule has 1 aromatic carbocycles. The van der Waals surface area contributed by atoms with Gasteiger partial charge in [-0.05, 0) is 6.42 Å². The van der Waals surface area contributed by atoms with Crippen LogP contribution in [0.5, 0.6) is 0 Å². The van der Waals surface area contributed by atoms with Crippen molar-refractivity contribution in [3.8, 4) is 11.3 Å². The first-order chi connectivity index (χ1) is 11.1. The third-order valence-corrected chi connectivity index (χ3v) is 3.59. The number of nitrogens with one attached hydrogen (secondary N) is 2. The van der Waals surface area contributed by atoms with E-state index < -0.39 is 5.82 Å². The zero-order valence-corrected chi connectivity index (χ0v) is 12.6. The van der Waals surface area contributed by atoms with E-state index in [0.29, 0.717) is 22.9 Å². The van der Waals surface area contributed by atoms with Crippen molar-refractivity contribution in [2.24, 2.45) is 0 Å². The first-order valence-corrected chi connectivity index (χ1v) is 7.28. The normalized spacial score (nSPS) is 10.9. The third kappa shape index (κ3) is 2.61. The van der Waals surface area contributed by atoms with Gasteiger partial charge in [0, 0.05) is 29.1 Å². The van der Waals surface area contributed by atoms with Crippen molar-refractivity contribution in [1.29, 1.82) is 0 Å². The average Bonchev–Trinajstić information content (AvgIpc) is 2.98. The highest BCUT2D eigenvalue weighted by Crippen LogP contribution is 2.32. The van der Waals surface area contributed by atoms with Crippen molar-refractivity contribution in [2.75, 3.05) is 12.3 Å². The molecule has 0 fully saturated rings. The van der Waals surface area contributed by atoms with Gasteiger partial charge in [-0.3, -0.25) is 9.89 Å². The number of aromatic nitrogens is 3. The topological polar surface area (TPSA) is 96.7 Å². The van der Waals surface area contributed by atoms with Gasteiger partial charge in [-0.15, -0.1) is 0 Å². The van der Waals surface area contributed by atoms with Gasteiger partial charge in [-0.25, -0.2) is 9.37 Å². The number of pyridine rings is 1. The summed E-state index contributed by atoms with van der Waals surface area (Å²) >= 11 is 0. The number of nitrogens with zero attached hydrogens (tertiary/aromatic N) is 2. The number of anilines is 1. The van der Waals surface area contributed by atoms with Gasteiger partial charge in [0.05, 0.1) is 11.9 Å². The SMILES string of the molecule is CCCNC(=O)c1ncc2c(-c3[nH]ncc3F)cccc2c1N. The van der Waals surface area contributed by atoms with Crippen LogP contribution in [0.4, 0.5) is 10.1 Å². The van der Waals surface area contributed by atoms with Crippen LogP contribution in [0.2, 0.25) is 0 Å². The molecule has 3 aromatic rings. The molecule has 0 unspecified atom stereocenters. The third-order valence-electron chi connectivity index (χ3n) is 3.59. The number of benzene rings is 1. The van der Waals surface area contributed by atoms with Crippen LogP contribution >= 0.6 is 0 Å². The molecule has 0 saturated heterocycles. The Morgan fingerprint density at radius 1 is 1.35 bits per heavy atom. The Kier molecular flexibility index (Phi) is 3.92. The molecule has 2 aromatic heterocycles. The second-order valence-corrected chi connectivity index (χ2v) is 5.14. The molecule has 23 heavy (non-hydrogen) atoms. The number of halogens is 1. The fourth-order valence-electron chi connectivity index (χ4n) is 2.45. The maximum atomic E-state index is 13.8. The van der Waals surface area contributed by atoms with E-state index in [9.17, 15) is 9.18 Å². The summed E-state index contributed by atoms with van der Waals surface area (Å²) in [6, 6.07) is 5.28. The van der Waals surface area contributed by atoms with Crippen molar-refractivity contribution in [2.45, 2.75) is 13.3 Å². The Hall–Kier alpha value is -2.96. The number of amides is 1. The Balaban J connectivity index is 2.13. The van der Waals surface area contributed by atoms with Crippen molar-refractivity contribution >= 4 is 22.4 Å². The van der Waals surface area contributed by atoms with Crippen LogP contribution in [-0.2, 0) is 0 Å². The lowest BCUT2D eigenvalue weighted by molar-refractivity contribution is 0.0950. The fraction of sp³-hybridized carbons (Fsp3) is 0.188. The molecule has 0 spiro atoms. The van der Waals surface area contributed by atoms with Gasteiger partial charge in [-0.2, -0.15) is 5.10 Å². The number of carbonyl (C=O) groups excluding carboxylic acids is 1. The minimum absolute atomic E-state index is 0.174. The Morgan fingerprint density at radius 3 is 2.87 bits per heavy atom. The Bertz CT molecular complexity index is 874. The summed E-state index contributed by atoms with van der Waals surface area (Å²) in [7, 11) is 0. The van der Waals surface area contributed by atoms with Gasteiger partial charge in [0.15, 0.2) is 11.5 Å². The van der Waals surface area contributed by atoms with Crippen molar-refractivity contribution in [1.82, 2.24) is 20.5 Å². The molecule has 2 heterocycles. The van der Waals surface area contributed by atoms with Gasteiger partial charge >= 0.3 is 0 Å². The van der Waals surface area contributed by atoms with Crippen molar-refractivity contribution in [3.63, 3.8) is 0 Å². The first-order valence-electron chi connectivity index (χ1n) is 7.28. The quantitative estimate of drug-likeness (QED) is 0.689. The molecule has 0 radical (unpaired) electrons. The van der Waals surface area contributed by atoms with Crippen LogP contribution in [0, 0.1) is 5.82 Å². The molecule has 3 rings (SSSR count). The van der Waals surface area contributed by atoms with E-state index in [-0.39, 0.29) is 23.0 Å². The predicted octanol–water partition coefficient (Wildman–Crippen LogP) is 2.49. The number of hydrogen-bond acceptors (Lipinski definition) is 4. The van der Waals surface area contributed by atoms with Crippen molar-refractivity contribution < 1.29 is 9.18 Å². The summed E-state index contributed by atoms with van der Waals surface area (Å²) in [4.78, 5) is 16.3. The molecule has 0 aliphatic carbocycles. The highest BCUT2D eigenvalue weighted by atomic mass is 19.1. The molecule has 0 aliphatic heterocycles. The number of aromatic amines is 1. The fourth-order valence-corrected chi connectivity index (χ4v) is 2.45. The minimum atomic E-state index is -0.458. The van der Waals surface area contributed by atoms with Gasteiger partial charge in [0.1, 0.15) is 5.69 Å². The summed E-state index contributed by atoms with van der Waals surface area (Å²) < 4.78 is 13.8.